The van der Waals surface area contributed by atoms with E-state index in [4.69, 9.17) is 16.3 Å². The highest BCUT2D eigenvalue weighted by Gasteiger charge is 2.43. The Morgan fingerprint density at radius 1 is 0.949 bits per heavy atom. The third-order valence-corrected chi connectivity index (χ3v) is 11.5. The predicted octanol–water partition coefficient (Wildman–Crippen LogP) is 6.05. The molecule has 5 rings (SSSR count). The minimum Gasteiger partial charge on any atom is -0.448 e. The van der Waals surface area contributed by atoms with Gasteiger partial charge in [0.25, 0.3) is 0 Å². The monoisotopic (exact) mass is 575 g/mol. The van der Waals surface area contributed by atoms with E-state index in [1.165, 1.54) is 32.1 Å². The highest BCUT2D eigenvalue weighted by molar-refractivity contribution is 7.93. The van der Waals surface area contributed by atoms with Crippen LogP contribution in [0.2, 0.25) is 0 Å². The van der Waals surface area contributed by atoms with Crippen LogP contribution in [0, 0.1) is 5.92 Å². The zero-order valence-electron chi connectivity index (χ0n) is 23.0. The summed E-state index contributed by atoms with van der Waals surface area (Å²) in [5.74, 6) is -0.0510. The van der Waals surface area contributed by atoms with Gasteiger partial charge in [0, 0.05) is 37.3 Å². The van der Waals surface area contributed by atoms with Crippen LogP contribution in [0.3, 0.4) is 0 Å². The third kappa shape index (κ3) is 6.55. The predicted molar refractivity (Wildman–Crippen MR) is 155 cm³/mol. The molecule has 1 unspecified atom stereocenters. The van der Waals surface area contributed by atoms with Crippen molar-refractivity contribution in [3.8, 4) is 0 Å². The lowest BCUT2D eigenvalue weighted by atomic mass is 9.93. The van der Waals surface area contributed by atoms with Crippen molar-refractivity contribution in [1.29, 1.82) is 0 Å². The van der Waals surface area contributed by atoms with Gasteiger partial charge in [-0.2, -0.15) is 4.31 Å². The average Bonchev–Trinajstić information content (AvgIpc) is 2.98. The standard InChI is InChI=1S/C30H42ClN3O4S/c1-23-21-27(15-16-28(23)31)39(36,37)34-26(13-8-14-29(34)24-9-4-2-5-10-24)22-38-30(35)33-19-17-32(18-20-33)25-11-6-3-7-12-25/h2,4-5,9-10,15-16,23,25-26,29H,3,6-8,11-14,17-22H2,1H3/t23?,26-,29+/m1/s1. The summed E-state index contributed by atoms with van der Waals surface area (Å²) in [4.78, 5) is 17.8. The Balaban J connectivity index is 1.28. The Morgan fingerprint density at radius 2 is 1.67 bits per heavy atom. The van der Waals surface area contributed by atoms with Gasteiger partial charge in [0.05, 0.1) is 17.0 Å². The number of sulfonamides is 1. The van der Waals surface area contributed by atoms with Crippen LogP contribution in [0.25, 0.3) is 0 Å². The second-order valence-electron chi connectivity index (χ2n) is 11.5. The number of amides is 1. The summed E-state index contributed by atoms with van der Waals surface area (Å²) in [5, 5.41) is 0.668. The van der Waals surface area contributed by atoms with Crippen molar-refractivity contribution < 1.29 is 17.9 Å². The Kier molecular flexibility index (Phi) is 9.37. The summed E-state index contributed by atoms with van der Waals surface area (Å²) in [7, 11) is -3.80. The van der Waals surface area contributed by atoms with Gasteiger partial charge in [-0.1, -0.05) is 68.1 Å². The van der Waals surface area contributed by atoms with Gasteiger partial charge in [-0.25, -0.2) is 13.2 Å². The Labute approximate surface area is 238 Å². The quantitative estimate of drug-likeness (QED) is 0.413. The number of halogens is 1. The number of piperidine rings is 1. The molecular weight excluding hydrogens is 534 g/mol. The summed E-state index contributed by atoms with van der Waals surface area (Å²) < 4.78 is 35.8. The van der Waals surface area contributed by atoms with Crippen LogP contribution in [0.5, 0.6) is 0 Å². The number of carbonyl (C=O) groups excluding carboxylic acids is 1. The van der Waals surface area contributed by atoms with Crippen molar-refractivity contribution in [2.45, 2.75) is 82.8 Å². The van der Waals surface area contributed by atoms with Gasteiger partial charge in [0.2, 0.25) is 10.0 Å². The molecule has 2 heterocycles. The molecule has 0 aromatic heterocycles. The van der Waals surface area contributed by atoms with E-state index in [9.17, 15) is 13.2 Å². The molecular formula is C30H42ClN3O4S. The molecule has 39 heavy (non-hydrogen) atoms. The van der Waals surface area contributed by atoms with Crippen LogP contribution < -0.4 is 0 Å². The lowest BCUT2D eigenvalue weighted by Gasteiger charge is -2.42. The van der Waals surface area contributed by atoms with E-state index >= 15 is 0 Å². The summed E-state index contributed by atoms with van der Waals surface area (Å²) >= 11 is 6.28. The number of piperazine rings is 1. The van der Waals surface area contributed by atoms with Crippen molar-refractivity contribution in [2.75, 3.05) is 32.8 Å². The van der Waals surface area contributed by atoms with E-state index in [2.05, 4.69) is 4.90 Å². The lowest BCUT2D eigenvalue weighted by Crippen LogP contribution is -2.53. The number of hydrogen-bond acceptors (Lipinski definition) is 5. The van der Waals surface area contributed by atoms with Crippen molar-refractivity contribution in [3.05, 3.63) is 58.0 Å². The van der Waals surface area contributed by atoms with Crippen LogP contribution in [0.4, 0.5) is 4.79 Å². The first kappa shape index (κ1) is 28.7. The van der Waals surface area contributed by atoms with Crippen LogP contribution in [0.1, 0.15) is 76.3 Å². The maximum absolute atomic E-state index is 14.1. The molecule has 214 valence electrons. The molecule has 0 radical (unpaired) electrons. The van der Waals surface area contributed by atoms with Gasteiger partial charge < -0.3 is 9.64 Å². The summed E-state index contributed by atoms with van der Waals surface area (Å²) in [5.41, 5.74) is 0.967. The fraction of sp³-hybridized carbons (Fsp3) is 0.633. The van der Waals surface area contributed by atoms with Crippen molar-refractivity contribution in [1.82, 2.24) is 14.1 Å². The molecule has 2 saturated heterocycles. The number of ether oxygens (including phenoxy) is 1. The SMILES string of the molecule is CC1CC(S(=O)(=O)N2[C@@H](COC(=O)N3CCN(C4CCCCC4)CC3)CCC[C@H]2c2ccccc2)=CC=C1Cl. The first-order valence-electron chi connectivity index (χ1n) is 14.6. The van der Waals surface area contributed by atoms with Gasteiger partial charge in [-0.3, -0.25) is 4.90 Å². The first-order valence-corrected chi connectivity index (χ1v) is 16.5. The Hall–Kier alpha value is -1.87. The van der Waals surface area contributed by atoms with E-state index in [1.54, 1.807) is 21.4 Å². The smallest absolute Gasteiger partial charge is 0.409 e. The summed E-state index contributed by atoms with van der Waals surface area (Å²) in [6, 6.07) is 9.74. The maximum Gasteiger partial charge on any atom is 0.409 e. The van der Waals surface area contributed by atoms with Crippen LogP contribution in [0.15, 0.2) is 52.4 Å². The summed E-state index contributed by atoms with van der Waals surface area (Å²) in [6.45, 7) is 5.08. The average molecular weight is 576 g/mol. The van der Waals surface area contributed by atoms with Gasteiger partial charge in [-0.05, 0) is 62.2 Å². The van der Waals surface area contributed by atoms with E-state index < -0.39 is 16.1 Å². The Morgan fingerprint density at radius 3 is 2.36 bits per heavy atom. The van der Waals surface area contributed by atoms with Crippen LogP contribution in [-0.2, 0) is 14.8 Å². The number of rotatable bonds is 6. The molecule has 1 saturated carbocycles. The minimum atomic E-state index is -3.80. The molecule has 1 aromatic rings. The number of benzene rings is 1. The molecule has 3 atom stereocenters. The van der Waals surface area contributed by atoms with Gasteiger partial charge in [0.15, 0.2) is 0 Å². The maximum atomic E-state index is 14.1. The van der Waals surface area contributed by atoms with Crippen molar-refractivity contribution in [2.24, 2.45) is 5.92 Å². The zero-order valence-corrected chi connectivity index (χ0v) is 24.6. The van der Waals surface area contributed by atoms with E-state index in [1.807, 2.05) is 37.3 Å². The molecule has 1 aromatic carbocycles. The van der Waals surface area contributed by atoms with E-state index in [0.717, 1.165) is 31.5 Å². The number of allylic oxidation sites excluding steroid dienone is 4. The number of carbonyl (C=O) groups is 1. The van der Waals surface area contributed by atoms with Gasteiger partial charge in [0.1, 0.15) is 6.61 Å². The normalized spacial score (nSPS) is 28.1. The minimum absolute atomic E-state index is 0.0510. The molecule has 3 fully saturated rings. The number of nitrogens with zero attached hydrogens (tertiary/aromatic N) is 3. The van der Waals surface area contributed by atoms with Gasteiger partial charge >= 0.3 is 6.09 Å². The topological polar surface area (TPSA) is 70.2 Å². The largest absolute Gasteiger partial charge is 0.448 e. The van der Waals surface area contributed by atoms with Gasteiger partial charge in [-0.15, -0.1) is 0 Å². The van der Waals surface area contributed by atoms with Crippen molar-refractivity contribution >= 4 is 27.7 Å². The second-order valence-corrected chi connectivity index (χ2v) is 13.9. The molecule has 0 spiro atoms. The molecule has 0 bridgehead atoms. The summed E-state index contributed by atoms with van der Waals surface area (Å²) in [6.07, 6.45) is 12.1. The Bertz CT molecular complexity index is 1160. The molecule has 4 aliphatic rings. The van der Waals surface area contributed by atoms with Crippen molar-refractivity contribution in [3.63, 3.8) is 0 Å². The molecule has 9 heteroatoms. The highest BCUT2D eigenvalue weighted by Crippen LogP contribution is 2.41. The second kappa shape index (κ2) is 12.8. The third-order valence-electron chi connectivity index (χ3n) is 8.94. The van der Waals surface area contributed by atoms with E-state index in [-0.39, 0.29) is 24.7 Å². The molecule has 1 amide bonds. The fourth-order valence-corrected chi connectivity index (χ4v) is 8.90. The van der Waals surface area contributed by atoms with Crippen LogP contribution in [-0.4, -0.2) is 73.5 Å². The zero-order chi connectivity index (χ0) is 27.4. The lowest BCUT2D eigenvalue weighted by molar-refractivity contribution is 0.0384. The molecule has 2 aliphatic heterocycles. The van der Waals surface area contributed by atoms with E-state index in [0.29, 0.717) is 41.9 Å². The molecule has 7 nitrogen and oxygen atoms in total. The first-order chi connectivity index (χ1) is 18.8. The fourth-order valence-electron chi connectivity index (χ4n) is 6.67. The molecule has 2 aliphatic carbocycles. The highest BCUT2D eigenvalue weighted by atomic mass is 35.5. The molecule has 0 N–H and O–H groups in total. The van der Waals surface area contributed by atoms with Crippen LogP contribution >= 0.6 is 11.6 Å². The number of hydrogen-bond donors (Lipinski definition) is 0.